The van der Waals surface area contributed by atoms with Crippen molar-refractivity contribution in [3.05, 3.63) is 42.5 Å². The van der Waals surface area contributed by atoms with Crippen molar-refractivity contribution < 1.29 is 0 Å². The summed E-state index contributed by atoms with van der Waals surface area (Å²) in [5, 5.41) is 0. The average Bonchev–Trinajstić information content (AvgIpc) is 2.53. The van der Waals surface area contributed by atoms with Crippen LogP contribution >= 0.6 is 23.5 Å². The minimum absolute atomic E-state index is 0.637. The summed E-state index contributed by atoms with van der Waals surface area (Å²) in [4.78, 5) is 4.78. The van der Waals surface area contributed by atoms with E-state index in [9.17, 15) is 0 Å². The highest BCUT2D eigenvalue weighted by Crippen LogP contribution is 2.32. The van der Waals surface area contributed by atoms with E-state index < -0.39 is 0 Å². The third-order valence-corrected chi connectivity index (χ3v) is 5.45. The number of nitrogen functional groups attached to an aromatic ring is 2. The summed E-state index contributed by atoms with van der Waals surface area (Å²) < 4.78 is 0. The zero-order valence-corrected chi connectivity index (χ0v) is 13.4. The van der Waals surface area contributed by atoms with E-state index in [1.54, 1.807) is 11.8 Å². The van der Waals surface area contributed by atoms with Crippen LogP contribution in [0.3, 0.4) is 0 Å². The number of nitrogens with zero attached hydrogens (tertiary/aromatic N) is 1. The van der Waals surface area contributed by atoms with Crippen LogP contribution in [0.2, 0.25) is 0 Å². The molecule has 1 heterocycles. The van der Waals surface area contributed by atoms with Crippen LogP contribution in [0.15, 0.2) is 52.3 Å². The zero-order valence-electron chi connectivity index (χ0n) is 11.8. The maximum Gasteiger partial charge on any atom is 0.0559 e. The molecule has 110 valence electrons. The van der Waals surface area contributed by atoms with Crippen molar-refractivity contribution in [1.29, 1.82) is 0 Å². The van der Waals surface area contributed by atoms with Crippen molar-refractivity contribution in [2.45, 2.75) is 9.79 Å². The van der Waals surface area contributed by atoms with E-state index >= 15 is 0 Å². The van der Waals surface area contributed by atoms with Gasteiger partial charge in [0.1, 0.15) is 0 Å². The molecule has 21 heavy (non-hydrogen) atoms. The normalized spacial score (nSPS) is 15.1. The molecule has 0 bridgehead atoms. The highest BCUT2D eigenvalue weighted by atomic mass is 32.2. The van der Waals surface area contributed by atoms with Gasteiger partial charge in [0.05, 0.1) is 11.4 Å². The lowest BCUT2D eigenvalue weighted by atomic mass is 10.3. The molecule has 2 aromatic carbocycles. The predicted octanol–water partition coefficient (Wildman–Crippen LogP) is 3.56. The molecule has 3 rings (SSSR count). The largest absolute Gasteiger partial charge is 0.397 e. The van der Waals surface area contributed by atoms with Crippen molar-refractivity contribution >= 4 is 40.6 Å². The molecule has 5 heteroatoms. The molecule has 1 aliphatic heterocycles. The van der Waals surface area contributed by atoms with Gasteiger partial charge in [-0.15, -0.1) is 0 Å². The first-order chi connectivity index (χ1) is 10.2. The molecular weight excluding hydrogens is 298 g/mol. The lowest BCUT2D eigenvalue weighted by Gasteiger charge is -2.28. The van der Waals surface area contributed by atoms with Gasteiger partial charge in [0.2, 0.25) is 0 Å². The Kier molecular flexibility index (Phi) is 4.51. The summed E-state index contributed by atoms with van der Waals surface area (Å²) in [7, 11) is 0. The highest BCUT2D eigenvalue weighted by molar-refractivity contribution is 7.99. The van der Waals surface area contributed by atoms with E-state index in [0.717, 1.165) is 18.0 Å². The Bertz CT molecular complexity index is 607. The summed E-state index contributed by atoms with van der Waals surface area (Å²) in [6, 6.07) is 14.6. The predicted molar refractivity (Wildman–Crippen MR) is 95.4 cm³/mol. The molecular formula is C16H19N3S2. The van der Waals surface area contributed by atoms with Gasteiger partial charge in [-0.1, -0.05) is 11.8 Å². The number of anilines is 3. The number of hydrogen-bond donors (Lipinski definition) is 2. The molecule has 0 atom stereocenters. The van der Waals surface area contributed by atoms with Crippen LogP contribution in [0, 0.1) is 0 Å². The molecule has 0 spiro atoms. The fraction of sp³-hybridized carbons (Fsp3) is 0.250. The average molecular weight is 317 g/mol. The molecule has 0 aromatic heterocycles. The van der Waals surface area contributed by atoms with Crippen molar-refractivity contribution in [2.75, 3.05) is 41.0 Å². The van der Waals surface area contributed by atoms with Gasteiger partial charge < -0.3 is 16.4 Å². The monoisotopic (exact) mass is 317 g/mol. The van der Waals surface area contributed by atoms with Crippen LogP contribution in [0.25, 0.3) is 0 Å². The van der Waals surface area contributed by atoms with Crippen molar-refractivity contribution in [1.82, 2.24) is 0 Å². The third-order valence-electron chi connectivity index (χ3n) is 3.51. The number of thioether (sulfide) groups is 1. The maximum atomic E-state index is 5.85. The molecule has 4 N–H and O–H groups in total. The smallest absolute Gasteiger partial charge is 0.0559 e. The number of benzene rings is 2. The lowest BCUT2D eigenvalue weighted by molar-refractivity contribution is 0.858. The van der Waals surface area contributed by atoms with Gasteiger partial charge in [-0.05, 0) is 42.5 Å². The van der Waals surface area contributed by atoms with Crippen LogP contribution < -0.4 is 16.4 Å². The van der Waals surface area contributed by atoms with E-state index in [1.807, 2.05) is 30.0 Å². The van der Waals surface area contributed by atoms with Crippen LogP contribution in [0.5, 0.6) is 0 Å². The molecule has 0 amide bonds. The number of rotatable bonds is 3. The van der Waals surface area contributed by atoms with E-state index in [-0.39, 0.29) is 0 Å². The Labute approximate surface area is 134 Å². The lowest BCUT2D eigenvalue weighted by Crippen LogP contribution is -2.32. The number of hydrogen-bond acceptors (Lipinski definition) is 5. The van der Waals surface area contributed by atoms with Gasteiger partial charge in [0.15, 0.2) is 0 Å². The first-order valence-corrected chi connectivity index (χ1v) is 8.95. The minimum atomic E-state index is 0.637. The van der Waals surface area contributed by atoms with Crippen LogP contribution in [0.4, 0.5) is 17.1 Å². The second kappa shape index (κ2) is 6.54. The number of nitrogens with two attached hydrogens (primary N) is 2. The molecule has 1 saturated heterocycles. The second-order valence-corrected chi connectivity index (χ2v) is 7.36. The van der Waals surface area contributed by atoms with E-state index in [4.69, 9.17) is 11.5 Å². The Hall–Kier alpha value is -1.46. The van der Waals surface area contributed by atoms with Crippen LogP contribution in [-0.2, 0) is 0 Å². The second-order valence-electron chi connectivity index (χ2n) is 4.99. The summed E-state index contributed by atoms with van der Waals surface area (Å²) in [5.41, 5.74) is 14.2. The van der Waals surface area contributed by atoms with E-state index in [2.05, 4.69) is 29.2 Å². The Morgan fingerprint density at radius 2 is 1.52 bits per heavy atom. The fourth-order valence-corrected chi connectivity index (χ4v) is 4.07. The molecule has 1 fully saturated rings. The molecule has 1 aliphatic rings. The Morgan fingerprint density at radius 1 is 0.857 bits per heavy atom. The molecule has 0 radical (unpaired) electrons. The van der Waals surface area contributed by atoms with Gasteiger partial charge in [-0.25, -0.2) is 0 Å². The summed E-state index contributed by atoms with van der Waals surface area (Å²) in [5.74, 6) is 2.45. The van der Waals surface area contributed by atoms with Crippen LogP contribution in [-0.4, -0.2) is 24.6 Å². The zero-order chi connectivity index (χ0) is 14.7. The first-order valence-electron chi connectivity index (χ1n) is 6.98. The standard InChI is InChI=1S/C16H19N3S2/c17-15-6-5-14(11-16(15)18)21-13-3-1-12(2-4-13)19-7-9-20-10-8-19/h1-6,11H,7-10,17-18H2. The van der Waals surface area contributed by atoms with Crippen molar-refractivity contribution in [3.8, 4) is 0 Å². The molecule has 0 saturated carbocycles. The molecule has 3 nitrogen and oxygen atoms in total. The van der Waals surface area contributed by atoms with Crippen LogP contribution in [0.1, 0.15) is 0 Å². The van der Waals surface area contributed by atoms with Crippen molar-refractivity contribution in [2.24, 2.45) is 0 Å². The van der Waals surface area contributed by atoms with E-state index in [1.165, 1.54) is 22.1 Å². The molecule has 2 aromatic rings. The fourth-order valence-electron chi connectivity index (χ4n) is 2.30. The third kappa shape index (κ3) is 3.60. The van der Waals surface area contributed by atoms with Gasteiger partial charge >= 0.3 is 0 Å². The van der Waals surface area contributed by atoms with Gasteiger partial charge in [-0.3, -0.25) is 0 Å². The minimum Gasteiger partial charge on any atom is -0.397 e. The summed E-state index contributed by atoms with van der Waals surface area (Å²) in [6.45, 7) is 2.29. The highest BCUT2D eigenvalue weighted by Gasteiger charge is 2.10. The Balaban J connectivity index is 1.70. The maximum absolute atomic E-state index is 5.85. The van der Waals surface area contributed by atoms with Gasteiger partial charge in [0.25, 0.3) is 0 Å². The molecule has 0 aliphatic carbocycles. The van der Waals surface area contributed by atoms with Gasteiger partial charge in [-0.2, -0.15) is 11.8 Å². The topological polar surface area (TPSA) is 55.3 Å². The summed E-state index contributed by atoms with van der Waals surface area (Å²) in [6.07, 6.45) is 0. The SMILES string of the molecule is Nc1ccc(Sc2ccc(N3CCSCC3)cc2)cc1N. The van der Waals surface area contributed by atoms with Crippen molar-refractivity contribution in [3.63, 3.8) is 0 Å². The Morgan fingerprint density at radius 3 is 2.19 bits per heavy atom. The van der Waals surface area contributed by atoms with Gasteiger partial charge in [0, 0.05) is 40.1 Å². The van der Waals surface area contributed by atoms with E-state index in [0.29, 0.717) is 11.4 Å². The first kappa shape index (κ1) is 14.5. The molecule has 0 unspecified atom stereocenters. The quantitative estimate of drug-likeness (QED) is 0.848. The summed E-state index contributed by atoms with van der Waals surface area (Å²) >= 11 is 3.74.